The summed E-state index contributed by atoms with van der Waals surface area (Å²) in [5, 5.41) is 18.0. The van der Waals surface area contributed by atoms with Crippen LogP contribution in [-0.4, -0.2) is 10.2 Å². The van der Waals surface area contributed by atoms with Gasteiger partial charge in [0.1, 0.15) is 5.75 Å². The van der Waals surface area contributed by atoms with E-state index in [1.165, 1.54) is 5.56 Å². The van der Waals surface area contributed by atoms with Crippen LogP contribution in [0.1, 0.15) is 64.7 Å². The molecule has 0 saturated heterocycles. The van der Waals surface area contributed by atoms with Crippen LogP contribution in [0, 0.1) is 12.3 Å². The summed E-state index contributed by atoms with van der Waals surface area (Å²) < 4.78 is 0. The van der Waals surface area contributed by atoms with Gasteiger partial charge in [-0.05, 0) is 72.6 Å². The van der Waals surface area contributed by atoms with Crippen molar-refractivity contribution >= 4 is 28.7 Å². The van der Waals surface area contributed by atoms with Crippen LogP contribution >= 0.6 is 12.2 Å². The van der Waals surface area contributed by atoms with Crippen LogP contribution in [0.4, 0.5) is 11.4 Å². The van der Waals surface area contributed by atoms with Crippen LogP contribution < -0.4 is 10.6 Å². The molecule has 3 N–H and O–H groups in total. The van der Waals surface area contributed by atoms with E-state index in [0.29, 0.717) is 10.9 Å². The molecule has 0 unspecified atom stereocenters. The number of anilines is 2. The monoisotopic (exact) mass is 398 g/mol. The minimum Gasteiger partial charge on any atom is -0.507 e. The minimum atomic E-state index is -0.125. The molecular formula is C24H34N2OS. The van der Waals surface area contributed by atoms with Crippen LogP contribution in [0.3, 0.4) is 0 Å². The summed E-state index contributed by atoms with van der Waals surface area (Å²) in [4.78, 5) is 0. The van der Waals surface area contributed by atoms with Crippen molar-refractivity contribution in [2.24, 2.45) is 5.41 Å². The maximum Gasteiger partial charge on any atom is 0.175 e. The van der Waals surface area contributed by atoms with Crippen LogP contribution in [-0.2, 0) is 11.8 Å². The van der Waals surface area contributed by atoms with Crippen molar-refractivity contribution in [1.29, 1.82) is 0 Å². The first-order valence-electron chi connectivity index (χ1n) is 9.92. The van der Waals surface area contributed by atoms with Gasteiger partial charge in [-0.1, -0.05) is 59.2 Å². The fraction of sp³-hybridized carbons (Fsp3) is 0.458. The third-order valence-electron chi connectivity index (χ3n) is 5.09. The van der Waals surface area contributed by atoms with Gasteiger partial charge >= 0.3 is 0 Å². The number of thiocarbonyl (C=S) groups is 1. The maximum atomic E-state index is 11.0. The van der Waals surface area contributed by atoms with E-state index in [1.807, 2.05) is 24.3 Å². The molecule has 2 rings (SSSR count). The Bertz CT molecular complexity index is 833. The quantitative estimate of drug-likeness (QED) is 0.383. The molecule has 0 aliphatic rings. The molecule has 0 fully saturated rings. The molecule has 2 aromatic carbocycles. The zero-order valence-corrected chi connectivity index (χ0v) is 19.1. The molecule has 2 aromatic rings. The first-order valence-corrected chi connectivity index (χ1v) is 10.3. The minimum absolute atomic E-state index is 0.0738. The average molecular weight is 399 g/mol. The Hall–Kier alpha value is -2.07. The zero-order chi connectivity index (χ0) is 21.1. The van der Waals surface area contributed by atoms with Gasteiger partial charge in [-0.2, -0.15) is 0 Å². The molecule has 0 aliphatic heterocycles. The first kappa shape index (κ1) is 22.2. The normalized spacial score (nSPS) is 12.0. The smallest absolute Gasteiger partial charge is 0.175 e. The van der Waals surface area contributed by atoms with E-state index >= 15 is 0 Å². The average Bonchev–Trinajstić information content (AvgIpc) is 2.58. The van der Waals surface area contributed by atoms with Crippen LogP contribution in [0.2, 0.25) is 0 Å². The number of nitrogens with one attached hydrogen (secondary N) is 2. The number of aromatic hydroxyl groups is 1. The lowest BCUT2D eigenvalue weighted by Gasteiger charge is -2.28. The highest BCUT2D eigenvalue weighted by Crippen LogP contribution is 2.40. The van der Waals surface area contributed by atoms with Gasteiger partial charge in [0.15, 0.2) is 5.11 Å². The molecule has 0 aromatic heterocycles. The largest absolute Gasteiger partial charge is 0.507 e. The first-order chi connectivity index (χ1) is 12.9. The summed E-state index contributed by atoms with van der Waals surface area (Å²) in [7, 11) is 0. The molecular weight excluding hydrogens is 364 g/mol. The van der Waals surface area contributed by atoms with Gasteiger partial charge in [0.05, 0.1) is 0 Å². The van der Waals surface area contributed by atoms with Crippen molar-refractivity contribution in [3.8, 4) is 5.75 Å². The number of rotatable bonds is 5. The van der Waals surface area contributed by atoms with Crippen molar-refractivity contribution in [3.05, 3.63) is 53.1 Å². The van der Waals surface area contributed by atoms with E-state index in [-0.39, 0.29) is 10.8 Å². The van der Waals surface area contributed by atoms with Gasteiger partial charge in [0.25, 0.3) is 0 Å². The molecule has 0 aliphatic carbocycles. The van der Waals surface area contributed by atoms with Crippen molar-refractivity contribution < 1.29 is 5.11 Å². The van der Waals surface area contributed by atoms with Crippen LogP contribution in [0.5, 0.6) is 5.75 Å². The predicted octanol–water partition coefficient (Wildman–Crippen LogP) is 6.79. The van der Waals surface area contributed by atoms with E-state index in [2.05, 4.69) is 71.2 Å². The van der Waals surface area contributed by atoms with Crippen molar-refractivity contribution in [2.45, 2.75) is 66.7 Å². The summed E-state index contributed by atoms with van der Waals surface area (Å²) in [6.07, 6.45) is 1.73. The number of aryl methyl sites for hydroxylation is 1. The van der Waals surface area contributed by atoms with Crippen molar-refractivity contribution in [2.75, 3.05) is 10.6 Å². The van der Waals surface area contributed by atoms with Gasteiger partial charge in [0, 0.05) is 16.9 Å². The molecule has 4 heteroatoms. The summed E-state index contributed by atoms with van der Waals surface area (Å²) in [5.41, 5.74) is 4.92. The number of phenols is 1. The second kappa shape index (κ2) is 8.52. The van der Waals surface area contributed by atoms with Crippen LogP contribution in [0.15, 0.2) is 36.4 Å². The molecule has 28 heavy (non-hydrogen) atoms. The number of hydrogen-bond donors (Lipinski definition) is 3. The second-order valence-corrected chi connectivity index (χ2v) is 9.86. The lowest BCUT2D eigenvalue weighted by molar-refractivity contribution is 0.384. The third kappa shape index (κ3) is 5.96. The molecule has 152 valence electrons. The van der Waals surface area contributed by atoms with Gasteiger partial charge < -0.3 is 15.7 Å². The van der Waals surface area contributed by atoms with E-state index in [4.69, 9.17) is 12.2 Å². The second-order valence-electron chi connectivity index (χ2n) is 9.45. The van der Waals surface area contributed by atoms with Gasteiger partial charge in [-0.25, -0.2) is 0 Å². The fourth-order valence-corrected chi connectivity index (χ4v) is 3.35. The van der Waals surface area contributed by atoms with Gasteiger partial charge in [0.2, 0.25) is 0 Å². The summed E-state index contributed by atoms with van der Waals surface area (Å²) in [5.74, 6) is 0.407. The van der Waals surface area contributed by atoms with Crippen molar-refractivity contribution in [1.82, 2.24) is 0 Å². The molecule has 0 saturated carbocycles. The summed E-state index contributed by atoms with van der Waals surface area (Å²) in [6.45, 7) is 15.1. The molecule has 0 spiro atoms. The molecule has 0 heterocycles. The Labute approximate surface area is 175 Å². The van der Waals surface area contributed by atoms with E-state index in [9.17, 15) is 5.11 Å². The number of benzene rings is 2. The Morgan fingerprint density at radius 3 is 2.07 bits per heavy atom. The Morgan fingerprint density at radius 2 is 1.54 bits per heavy atom. The van der Waals surface area contributed by atoms with E-state index in [0.717, 1.165) is 35.3 Å². The Balaban J connectivity index is 2.34. The van der Waals surface area contributed by atoms with Crippen molar-refractivity contribution in [3.63, 3.8) is 0 Å². The molecule has 0 atom stereocenters. The lowest BCUT2D eigenvalue weighted by Crippen LogP contribution is -2.21. The lowest BCUT2D eigenvalue weighted by atomic mass is 9.78. The Kier molecular flexibility index (Phi) is 6.76. The molecule has 0 bridgehead atoms. The number of phenolic OH excluding ortho intramolecular Hbond substituents is 1. The topological polar surface area (TPSA) is 44.3 Å². The standard InChI is InChI=1S/C24H34N2OS/c1-8-24(6,7)20-14-19(13-17(21(20)27)15-23(3,4)5)26-22(28)25-18-11-9-16(2)10-12-18/h9-14,27H,8,15H2,1-7H3,(H2,25,26,28). The highest BCUT2D eigenvalue weighted by Gasteiger charge is 2.26. The van der Waals surface area contributed by atoms with Gasteiger partial charge in [-0.15, -0.1) is 0 Å². The molecule has 0 amide bonds. The molecule has 0 radical (unpaired) electrons. The predicted molar refractivity (Wildman–Crippen MR) is 126 cm³/mol. The number of hydrogen-bond acceptors (Lipinski definition) is 2. The SMILES string of the molecule is CCC(C)(C)c1cc(NC(=S)Nc2ccc(C)cc2)cc(CC(C)(C)C)c1O. The highest BCUT2D eigenvalue weighted by molar-refractivity contribution is 7.80. The van der Waals surface area contributed by atoms with E-state index in [1.54, 1.807) is 0 Å². The maximum absolute atomic E-state index is 11.0. The third-order valence-corrected chi connectivity index (χ3v) is 5.29. The highest BCUT2D eigenvalue weighted by atomic mass is 32.1. The summed E-state index contributed by atoms with van der Waals surface area (Å²) >= 11 is 5.52. The Morgan fingerprint density at radius 1 is 0.964 bits per heavy atom. The van der Waals surface area contributed by atoms with Crippen LogP contribution in [0.25, 0.3) is 0 Å². The van der Waals surface area contributed by atoms with Gasteiger partial charge in [-0.3, -0.25) is 0 Å². The zero-order valence-electron chi connectivity index (χ0n) is 18.2. The fourth-order valence-electron chi connectivity index (χ4n) is 3.11. The molecule has 3 nitrogen and oxygen atoms in total. The summed E-state index contributed by atoms with van der Waals surface area (Å²) in [6, 6.07) is 12.2. The van der Waals surface area contributed by atoms with E-state index < -0.39 is 0 Å².